The van der Waals surface area contributed by atoms with Crippen molar-refractivity contribution in [2.45, 2.75) is 49.9 Å². The van der Waals surface area contributed by atoms with Gasteiger partial charge in [0.25, 0.3) is 0 Å². The lowest BCUT2D eigenvalue weighted by Gasteiger charge is -2.48. The second kappa shape index (κ2) is 6.42. The van der Waals surface area contributed by atoms with Gasteiger partial charge in [0.2, 0.25) is 5.79 Å². The zero-order chi connectivity index (χ0) is 19.6. The highest BCUT2D eigenvalue weighted by molar-refractivity contribution is 6.31. The molecule has 2 aliphatic carbocycles. The van der Waals surface area contributed by atoms with Crippen LogP contribution in [0.25, 0.3) is 10.9 Å². The number of fused-ring (bicyclic) bond motifs is 5. The molecule has 3 heterocycles. The fourth-order valence-electron chi connectivity index (χ4n) is 5.84. The highest BCUT2D eigenvalue weighted by atomic mass is 35.5. The van der Waals surface area contributed by atoms with E-state index >= 15 is 0 Å². The summed E-state index contributed by atoms with van der Waals surface area (Å²) in [5, 5.41) is 12.9. The molecule has 1 N–H and O–H groups in total. The standard InChI is InChI=1S/C23H25ClN2O3/c24-18-3-4-19-20(13-18)25-8-5-21(19)26-9-6-22(7-10-26)14-17-12-15-1-2-16(11-15)23(17,27)29-28-22/h3-5,8,13-16,27H,1-2,6-7,9-12H2/t15-,16+,23+/m1/s1. The molecule has 4 aliphatic rings. The quantitative estimate of drug-likeness (QED) is 0.547. The second-order valence-corrected chi connectivity index (χ2v) is 9.59. The highest BCUT2D eigenvalue weighted by Crippen LogP contribution is 2.54. The van der Waals surface area contributed by atoms with E-state index in [0.717, 1.165) is 61.7 Å². The third kappa shape index (κ3) is 2.82. The van der Waals surface area contributed by atoms with Gasteiger partial charge in [0, 0.05) is 54.1 Å². The molecule has 6 rings (SSSR count). The number of halogens is 1. The van der Waals surface area contributed by atoms with Crippen molar-refractivity contribution in [2.75, 3.05) is 18.0 Å². The SMILES string of the molecule is O[C@@]12OOC3(C=C1C[C@@H]1CC[C@H]2C1)CCN(c1ccnc2cc(Cl)ccc12)CC3. The maximum Gasteiger partial charge on any atom is 0.224 e. The van der Waals surface area contributed by atoms with Crippen LogP contribution in [0.15, 0.2) is 42.1 Å². The van der Waals surface area contributed by atoms with Crippen LogP contribution in [0.3, 0.4) is 0 Å². The third-order valence-corrected chi connectivity index (χ3v) is 7.70. The highest BCUT2D eigenvalue weighted by Gasteiger charge is 2.55. The predicted molar refractivity (Wildman–Crippen MR) is 112 cm³/mol. The number of piperidine rings is 1. The first kappa shape index (κ1) is 18.1. The molecular weight excluding hydrogens is 388 g/mol. The van der Waals surface area contributed by atoms with Crippen LogP contribution < -0.4 is 4.90 Å². The van der Waals surface area contributed by atoms with Crippen molar-refractivity contribution in [1.82, 2.24) is 4.98 Å². The Balaban J connectivity index is 1.26. The molecule has 0 amide bonds. The Kier molecular flexibility index (Phi) is 4.01. The van der Waals surface area contributed by atoms with Crippen molar-refractivity contribution < 1.29 is 14.9 Å². The third-order valence-electron chi connectivity index (χ3n) is 7.47. The lowest BCUT2D eigenvalue weighted by atomic mass is 9.76. The Hall–Kier alpha value is -1.66. The van der Waals surface area contributed by atoms with Gasteiger partial charge in [-0.1, -0.05) is 11.6 Å². The van der Waals surface area contributed by atoms with Crippen LogP contribution in [0.5, 0.6) is 0 Å². The molecule has 2 aliphatic heterocycles. The zero-order valence-electron chi connectivity index (χ0n) is 16.3. The molecule has 2 saturated carbocycles. The number of rotatable bonds is 1. The molecule has 0 radical (unpaired) electrons. The van der Waals surface area contributed by atoms with Gasteiger partial charge in [-0.25, -0.2) is 4.89 Å². The van der Waals surface area contributed by atoms with Crippen LogP contribution in [0, 0.1) is 11.8 Å². The first-order valence-corrected chi connectivity index (χ1v) is 11.0. The Labute approximate surface area is 175 Å². The zero-order valence-corrected chi connectivity index (χ0v) is 17.1. The van der Waals surface area contributed by atoms with Crippen molar-refractivity contribution in [2.24, 2.45) is 11.8 Å². The molecule has 5 nitrogen and oxygen atoms in total. The van der Waals surface area contributed by atoms with Crippen molar-refractivity contribution in [3.8, 4) is 0 Å². The van der Waals surface area contributed by atoms with Gasteiger partial charge in [0.1, 0.15) is 5.60 Å². The molecule has 2 aromatic rings. The second-order valence-electron chi connectivity index (χ2n) is 9.16. The maximum atomic E-state index is 11.1. The van der Waals surface area contributed by atoms with Gasteiger partial charge in [-0.15, -0.1) is 0 Å². The number of nitrogens with zero attached hydrogens (tertiary/aromatic N) is 2. The summed E-state index contributed by atoms with van der Waals surface area (Å²) >= 11 is 6.14. The summed E-state index contributed by atoms with van der Waals surface area (Å²) < 4.78 is 0. The van der Waals surface area contributed by atoms with Gasteiger partial charge in [-0.2, -0.15) is 4.89 Å². The average molecular weight is 413 g/mol. The van der Waals surface area contributed by atoms with Crippen LogP contribution in [-0.4, -0.2) is 34.6 Å². The van der Waals surface area contributed by atoms with E-state index in [0.29, 0.717) is 10.9 Å². The van der Waals surface area contributed by atoms with E-state index in [1.165, 1.54) is 12.1 Å². The molecule has 29 heavy (non-hydrogen) atoms. The molecule has 1 aromatic carbocycles. The molecule has 6 heteroatoms. The summed E-state index contributed by atoms with van der Waals surface area (Å²) in [6.07, 6.45) is 9.93. The molecular formula is C23H25ClN2O3. The van der Waals surface area contributed by atoms with Crippen LogP contribution in [0.2, 0.25) is 5.02 Å². The fourth-order valence-corrected chi connectivity index (χ4v) is 6.01. The maximum absolute atomic E-state index is 11.1. The topological polar surface area (TPSA) is 54.8 Å². The fraction of sp³-hybridized carbons (Fsp3) is 0.522. The molecule has 3 atom stereocenters. The summed E-state index contributed by atoms with van der Waals surface area (Å²) in [4.78, 5) is 18.5. The van der Waals surface area contributed by atoms with Gasteiger partial charge in [-0.3, -0.25) is 4.98 Å². The molecule has 3 fully saturated rings. The van der Waals surface area contributed by atoms with Gasteiger partial charge < -0.3 is 10.0 Å². The van der Waals surface area contributed by atoms with Crippen molar-refractivity contribution in [1.29, 1.82) is 0 Å². The largest absolute Gasteiger partial charge is 0.371 e. The van der Waals surface area contributed by atoms with Gasteiger partial charge in [0.15, 0.2) is 0 Å². The average Bonchev–Trinajstić information content (AvgIpc) is 3.15. The Morgan fingerprint density at radius 1 is 1.14 bits per heavy atom. The summed E-state index contributed by atoms with van der Waals surface area (Å²) in [6.45, 7) is 1.72. The van der Waals surface area contributed by atoms with Crippen LogP contribution in [0.1, 0.15) is 38.5 Å². The van der Waals surface area contributed by atoms with Gasteiger partial charge >= 0.3 is 0 Å². The van der Waals surface area contributed by atoms with Crippen molar-refractivity contribution in [3.63, 3.8) is 0 Å². The minimum Gasteiger partial charge on any atom is -0.371 e. The van der Waals surface area contributed by atoms with E-state index in [1.807, 2.05) is 24.4 Å². The summed E-state index contributed by atoms with van der Waals surface area (Å²) in [6, 6.07) is 7.95. The van der Waals surface area contributed by atoms with Gasteiger partial charge in [0.05, 0.1) is 5.52 Å². The van der Waals surface area contributed by atoms with E-state index in [9.17, 15) is 5.11 Å². The first-order chi connectivity index (χ1) is 14.0. The molecule has 1 saturated heterocycles. The lowest BCUT2D eigenvalue weighted by molar-refractivity contribution is -0.465. The minimum absolute atomic E-state index is 0.181. The first-order valence-electron chi connectivity index (χ1n) is 10.7. The predicted octanol–water partition coefficient (Wildman–Crippen LogP) is 4.62. The lowest BCUT2D eigenvalue weighted by Crippen LogP contribution is -2.54. The normalized spacial score (nSPS) is 33.0. The molecule has 2 bridgehead atoms. The minimum atomic E-state index is -1.20. The number of aromatic nitrogens is 1. The summed E-state index contributed by atoms with van der Waals surface area (Å²) in [5.74, 6) is -0.323. The van der Waals surface area contributed by atoms with Crippen molar-refractivity contribution in [3.05, 3.63) is 47.1 Å². The smallest absolute Gasteiger partial charge is 0.224 e. The van der Waals surface area contributed by atoms with Crippen LogP contribution >= 0.6 is 11.6 Å². The Bertz CT molecular complexity index is 1000. The van der Waals surface area contributed by atoms with Crippen LogP contribution in [-0.2, 0) is 9.78 Å². The van der Waals surface area contributed by atoms with E-state index in [-0.39, 0.29) is 5.92 Å². The Morgan fingerprint density at radius 2 is 2.00 bits per heavy atom. The monoisotopic (exact) mass is 412 g/mol. The van der Waals surface area contributed by atoms with E-state index in [2.05, 4.69) is 22.0 Å². The van der Waals surface area contributed by atoms with E-state index < -0.39 is 11.4 Å². The number of pyridine rings is 1. The molecule has 0 unspecified atom stereocenters. The summed E-state index contributed by atoms with van der Waals surface area (Å²) in [7, 11) is 0. The van der Waals surface area contributed by atoms with Gasteiger partial charge in [-0.05, 0) is 67.5 Å². The number of hydrogen-bond acceptors (Lipinski definition) is 5. The molecule has 152 valence electrons. The summed E-state index contributed by atoms with van der Waals surface area (Å²) in [5.41, 5.74) is 2.72. The molecule has 1 aromatic heterocycles. The van der Waals surface area contributed by atoms with E-state index in [4.69, 9.17) is 21.4 Å². The number of aliphatic hydroxyl groups is 1. The van der Waals surface area contributed by atoms with Crippen LogP contribution in [0.4, 0.5) is 5.69 Å². The Morgan fingerprint density at radius 3 is 2.86 bits per heavy atom. The number of anilines is 1. The number of benzene rings is 1. The molecule has 1 spiro atoms. The van der Waals surface area contributed by atoms with Crippen molar-refractivity contribution >= 4 is 28.2 Å². The number of hydrogen-bond donors (Lipinski definition) is 1. The van der Waals surface area contributed by atoms with E-state index in [1.54, 1.807) is 0 Å².